The van der Waals surface area contributed by atoms with Crippen LogP contribution in [-0.2, 0) is 4.79 Å². The van der Waals surface area contributed by atoms with Gasteiger partial charge < -0.3 is 25.2 Å². The number of carboxylic acid groups (broad SMARTS) is 1. The van der Waals surface area contributed by atoms with Gasteiger partial charge in [0.05, 0.1) is 18.6 Å². The molecule has 44 heavy (non-hydrogen) atoms. The topological polar surface area (TPSA) is 112 Å². The molecule has 0 aliphatic heterocycles. The Morgan fingerprint density at radius 3 is 2.02 bits per heavy atom. The SMILES string of the molecule is CC(C)n1c(/C=C/[C@@H](O)C[C@@H](O)CC(=O)O)c(-c2ccc(F)cc2)c(-c2ccc(F)cc2)c1C(=O)Nc1cccc(Cl)c1.[NaH]. The number of hydrogen-bond donors (Lipinski definition) is 4. The molecule has 4 aromatic rings. The van der Waals surface area contributed by atoms with Crippen LogP contribution in [0.25, 0.3) is 28.3 Å². The molecular weight excluding hydrogens is 601 g/mol. The van der Waals surface area contributed by atoms with Crippen LogP contribution in [-0.4, -0.2) is 73.5 Å². The van der Waals surface area contributed by atoms with Crippen LogP contribution in [0.5, 0.6) is 0 Å². The van der Waals surface area contributed by atoms with Gasteiger partial charge in [-0.25, -0.2) is 8.78 Å². The van der Waals surface area contributed by atoms with Crippen LogP contribution in [0, 0.1) is 11.6 Å². The third kappa shape index (κ3) is 8.65. The van der Waals surface area contributed by atoms with E-state index in [0.29, 0.717) is 38.7 Å². The third-order valence-electron chi connectivity index (χ3n) is 6.72. The summed E-state index contributed by atoms with van der Waals surface area (Å²) in [4.78, 5) is 25.0. The Labute approximate surface area is 281 Å². The fourth-order valence-electron chi connectivity index (χ4n) is 4.94. The molecule has 0 aliphatic carbocycles. The first-order chi connectivity index (χ1) is 20.4. The summed E-state index contributed by atoms with van der Waals surface area (Å²) in [5, 5.41) is 32.9. The van der Waals surface area contributed by atoms with Gasteiger partial charge in [0.15, 0.2) is 0 Å². The molecule has 2 atom stereocenters. The third-order valence-corrected chi connectivity index (χ3v) is 6.96. The molecule has 3 aromatic carbocycles. The van der Waals surface area contributed by atoms with Crippen molar-refractivity contribution in [3.05, 3.63) is 107 Å². The van der Waals surface area contributed by atoms with Crippen molar-refractivity contribution in [3.8, 4) is 22.3 Å². The molecule has 4 rings (SSSR count). The van der Waals surface area contributed by atoms with Crippen LogP contribution in [0.1, 0.15) is 48.9 Å². The summed E-state index contributed by atoms with van der Waals surface area (Å²) < 4.78 is 29.8. The molecule has 226 valence electrons. The van der Waals surface area contributed by atoms with Crippen LogP contribution in [0.15, 0.2) is 78.9 Å². The number of nitrogens with zero attached hydrogens (tertiary/aromatic N) is 1. The Hall–Kier alpha value is -3.31. The number of carbonyl (C=O) groups is 2. The number of amides is 1. The molecule has 0 unspecified atom stereocenters. The Morgan fingerprint density at radius 1 is 0.932 bits per heavy atom. The number of benzene rings is 3. The molecule has 4 N–H and O–H groups in total. The standard InChI is InChI=1S/C33H31ClF2N2O5.Na.H/c1-19(2)38-28(15-14-26(39)17-27(40)18-29(41)42)30(20-6-10-23(35)11-7-20)31(21-8-12-24(36)13-9-21)32(38)33(43)37-25-5-3-4-22(34)16-25;;/h3-16,19,26-27,39-40H,17-18H2,1-2H3,(H,37,43)(H,41,42);;/b15-14+;;/t26-,27-;;/m1../s1. The van der Waals surface area contributed by atoms with E-state index in [9.17, 15) is 28.6 Å². The van der Waals surface area contributed by atoms with Crippen molar-refractivity contribution in [2.24, 2.45) is 0 Å². The van der Waals surface area contributed by atoms with Crippen molar-refractivity contribution in [2.75, 3.05) is 5.32 Å². The Bertz CT molecular complexity index is 1640. The number of rotatable bonds is 11. The summed E-state index contributed by atoms with van der Waals surface area (Å²) in [7, 11) is 0. The predicted molar refractivity (Wildman–Crippen MR) is 170 cm³/mol. The zero-order valence-corrected chi connectivity index (χ0v) is 24.2. The predicted octanol–water partition coefficient (Wildman–Crippen LogP) is 6.54. The first-order valence-electron chi connectivity index (χ1n) is 13.6. The fraction of sp³-hybridized carbons (Fsp3) is 0.212. The van der Waals surface area contributed by atoms with Crippen molar-refractivity contribution < 1.29 is 33.7 Å². The van der Waals surface area contributed by atoms with E-state index >= 15 is 0 Å². The van der Waals surface area contributed by atoms with Crippen LogP contribution >= 0.6 is 11.6 Å². The quantitative estimate of drug-likeness (QED) is 0.140. The molecule has 0 bridgehead atoms. The maximum atomic E-state index is 14.1. The number of carbonyl (C=O) groups excluding carboxylic acids is 1. The molecule has 7 nitrogen and oxygen atoms in total. The molecule has 0 aliphatic rings. The van der Waals surface area contributed by atoms with Crippen LogP contribution < -0.4 is 5.32 Å². The second-order valence-electron chi connectivity index (χ2n) is 10.3. The van der Waals surface area contributed by atoms with E-state index in [4.69, 9.17) is 16.7 Å². The number of anilines is 1. The molecule has 0 fully saturated rings. The van der Waals surface area contributed by atoms with Gasteiger partial charge in [0, 0.05) is 40.0 Å². The number of carboxylic acids is 1. The number of halogens is 3. The average Bonchev–Trinajstić information content (AvgIpc) is 3.28. The Morgan fingerprint density at radius 2 is 1.50 bits per heavy atom. The first-order valence-corrected chi connectivity index (χ1v) is 14.0. The van der Waals surface area contributed by atoms with Crippen LogP contribution in [0.2, 0.25) is 5.02 Å². The molecule has 1 heterocycles. The summed E-state index contributed by atoms with van der Waals surface area (Å²) in [5.74, 6) is -2.62. The van der Waals surface area contributed by atoms with Gasteiger partial charge in [0.25, 0.3) is 5.91 Å². The summed E-state index contributed by atoms with van der Waals surface area (Å²) in [6.07, 6.45) is -0.275. The molecule has 0 saturated carbocycles. The van der Waals surface area contributed by atoms with Gasteiger partial charge in [-0.1, -0.05) is 48.0 Å². The number of hydrogen-bond acceptors (Lipinski definition) is 4. The maximum absolute atomic E-state index is 14.1. The van der Waals surface area contributed by atoms with Gasteiger partial charge >= 0.3 is 35.5 Å². The normalized spacial score (nSPS) is 12.6. The molecule has 11 heteroatoms. The van der Waals surface area contributed by atoms with Gasteiger partial charge in [-0.2, -0.15) is 0 Å². The minimum absolute atomic E-state index is 0. The van der Waals surface area contributed by atoms with E-state index in [0.717, 1.165) is 0 Å². The van der Waals surface area contributed by atoms with Crippen molar-refractivity contribution in [2.45, 2.75) is 44.9 Å². The molecule has 0 saturated heterocycles. The van der Waals surface area contributed by atoms with Crippen molar-refractivity contribution >= 4 is 64.8 Å². The number of aliphatic hydroxyl groups is 2. The second kappa shape index (κ2) is 15.6. The Kier molecular flexibility index (Phi) is 12.5. The molecule has 1 amide bonds. The summed E-state index contributed by atoms with van der Waals surface area (Å²) in [6, 6.07) is 17.7. The number of aromatic nitrogens is 1. The van der Waals surface area contributed by atoms with Gasteiger partial charge in [-0.05, 0) is 73.5 Å². The zero-order chi connectivity index (χ0) is 31.3. The molecule has 0 spiro atoms. The van der Waals surface area contributed by atoms with E-state index < -0.39 is 42.1 Å². The second-order valence-corrected chi connectivity index (χ2v) is 10.8. The van der Waals surface area contributed by atoms with Crippen LogP contribution in [0.4, 0.5) is 14.5 Å². The van der Waals surface area contributed by atoms with Crippen molar-refractivity contribution in [3.63, 3.8) is 0 Å². The molecule has 0 radical (unpaired) electrons. The van der Waals surface area contributed by atoms with E-state index in [1.165, 1.54) is 30.3 Å². The summed E-state index contributed by atoms with van der Waals surface area (Å²) >= 11 is 6.15. The van der Waals surface area contributed by atoms with Crippen LogP contribution in [0.3, 0.4) is 0 Å². The summed E-state index contributed by atoms with van der Waals surface area (Å²) in [6.45, 7) is 3.73. The van der Waals surface area contributed by atoms with Gasteiger partial charge in [0.2, 0.25) is 0 Å². The van der Waals surface area contributed by atoms with Gasteiger partial charge in [0.1, 0.15) is 17.3 Å². The van der Waals surface area contributed by atoms with E-state index in [-0.39, 0.29) is 47.7 Å². The molecule has 1 aromatic heterocycles. The van der Waals surface area contributed by atoms with Crippen molar-refractivity contribution in [1.29, 1.82) is 0 Å². The van der Waals surface area contributed by atoms with E-state index in [1.54, 1.807) is 59.2 Å². The number of aliphatic hydroxyl groups excluding tert-OH is 2. The van der Waals surface area contributed by atoms with Crippen molar-refractivity contribution in [1.82, 2.24) is 4.57 Å². The van der Waals surface area contributed by atoms with Gasteiger partial charge in [-0.3, -0.25) is 9.59 Å². The fourth-order valence-corrected chi connectivity index (χ4v) is 5.13. The Balaban J connectivity index is 0.00000529. The van der Waals surface area contributed by atoms with E-state index in [1.807, 2.05) is 13.8 Å². The first kappa shape index (κ1) is 35.2. The van der Waals surface area contributed by atoms with Gasteiger partial charge in [-0.15, -0.1) is 0 Å². The number of nitrogens with one attached hydrogen (secondary N) is 1. The van der Waals surface area contributed by atoms with E-state index in [2.05, 4.69) is 5.32 Å². The molecular formula is C33H32ClF2N2NaO5. The average molecular weight is 633 g/mol. The minimum atomic E-state index is -1.28. The zero-order valence-electron chi connectivity index (χ0n) is 23.5. The monoisotopic (exact) mass is 632 g/mol. The summed E-state index contributed by atoms with van der Waals surface area (Å²) in [5.41, 5.74) is 3.18. The number of aliphatic carboxylic acids is 1.